The predicted octanol–water partition coefficient (Wildman–Crippen LogP) is 2.36. The van der Waals surface area contributed by atoms with E-state index in [-0.39, 0.29) is 18.9 Å². The number of carbonyl (C=O) groups excluding carboxylic acids is 2. The summed E-state index contributed by atoms with van der Waals surface area (Å²) in [6.07, 6.45) is 2.22. The minimum Gasteiger partial charge on any atom is -0.450 e. The number of hydrogen-bond donors (Lipinski definition) is 2. The number of nitrogens with zero attached hydrogens (tertiary/aromatic N) is 1. The zero-order chi connectivity index (χ0) is 16.5. The molecule has 23 heavy (non-hydrogen) atoms. The third-order valence-corrected chi connectivity index (χ3v) is 3.78. The van der Waals surface area contributed by atoms with Gasteiger partial charge in [-0.15, -0.1) is 0 Å². The second-order valence-electron chi connectivity index (χ2n) is 5.59. The van der Waals surface area contributed by atoms with Gasteiger partial charge in [0.25, 0.3) is 0 Å². The van der Waals surface area contributed by atoms with Crippen molar-refractivity contribution in [1.82, 2.24) is 10.2 Å². The summed E-state index contributed by atoms with van der Waals surface area (Å²) in [6, 6.07) is 7.87. The average molecular weight is 319 g/mol. The number of hydrogen-bond acceptors (Lipinski definition) is 4. The molecule has 0 aromatic heterocycles. The molecule has 1 fully saturated rings. The SMILES string of the molecule is CCOC(=O)NCCC(=O)Nc1ccccc1CN1CCCC1. The Morgan fingerprint density at radius 3 is 2.70 bits per heavy atom. The molecule has 0 radical (unpaired) electrons. The number of carbonyl (C=O) groups is 2. The summed E-state index contributed by atoms with van der Waals surface area (Å²) in [5.41, 5.74) is 1.97. The highest BCUT2D eigenvalue weighted by molar-refractivity contribution is 5.91. The highest BCUT2D eigenvalue weighted by atomic mass is 16.5. The second kappa shape index (κ2) is 9.15. The van der Waals surface area contributed by atoms with Gasteiger partial charge < -0.3 is 15.4 Å². The van der Waals surface area contributed by atoms with Crippen molar-refractivity contribution in [3.05, 3.63) is 29.8 Å². The first-order valence-electron chi connectivity index (χ1n) is 8.19. The topological polar surface area (TPSA) is 70.7 Å². The first-order valence-corrected chi connectivity index (χ1v) is 8.19. The van der Waals surface area contributed by atoms with Gasteiger partial charge in [-0.05, 0) is 44.5 Å². The summed E-state index contributed by atoms with van der Waals surface area (Å²) in [5, 5.41) is 5.48. The maximum absolute atomic E-state index is 12.0. The fourth-order valence-electron chi connectivity index (χ4n) is 2.63. The summed E-state index contributed by atoms with van der Waals surface area (Å²) < 4.78 is 4.75. The molecule has 2 N–H and O–H groups in total. The van der Waals surface area contributed by atoms with Crippen LogP contribution in [0.25, 0.3) is 0 Å². The van der Waals surface area contributed by atoms with E-state index in [1.54, 1.807) is 6.92 Å². The number of rotatable bonds is 7. The summed E-state index contributed by atoms with van der Waals surface area (Å²) in [5.74, 6) is -0.115. The third-order valence-electron chi connectivity index (χ3n) is 3.78. The van der Waals surface area contributed by atoms with Crippen molar-refractivity contribution in [2.75, 3.05) is 31.6 Å². The second-order valence-corrected chi connectivity index (χ2v) is 5.59. The highest BCUT2D eigenvalue weighted by Gasteiger charge is 2.14. The smallest absolute Gasteiger partial charge is 0.407 e. The molecule has 0 unspecified atom stereocenters. The molecule has 0 spiro atoms. The van der Waals surface area contributed by atoms with Gasteiger partial charge in [0.05, 0.1) is 6.61 Å². The summed E-state index contributed by atoms with van der Waals surface area (Å²) in [7, 11) is 0. The number of likely N-dealkylation sites (tertiary alicyclic amines) is 1. The number of alkyl carbamates (subject to hydrolysis) is 1. The van der Waals surface area contributed by atoms with Gasteiger partial charge in [0.1, 0.15) is 0 Å². The van der Waals surface area contributed by atoms with E-state index < -0.39 is 6.09 Å². The van der Waals surface area contributed by atoms with E-state index in [1.807, 2.05) is 24.3 Å². The minimum atomic E-state index is -0.491. The quantitative estimate of drug-likeness (QED) is 0.809. The Morgan fingerprint density at radius 1 is 1.22 bits per heavy atom. The van der Waals surface area contributed by atoms with Gasteiger partial charge in [0.2, 0.25) is 5.91 Å². The van der Waals surface area contributed by atoms with Crippen molar-refractivity contribution < 1.29 is 14.3 Å². The fraction of sp³-hybridized carbons (Fsp3) is 0.529. The molecule has 6 nitrogen and oxygen atoms in total. The van der Waals surface area contributed by atoms with E-state index in [2.05, 4.69) is 15.5 Å². The Hall–Kier alpha value is -2.08. The number of para-hydroxylation sites is 1. The molecule has 126 valence electrons. The Kier molecular flexibility index (Phi) is 6.87. The van der Waals surface area contributed by atoms with E-state index in [0.717, 1.165) is 30.9 Å². The summed E-state index contributed by atoms with van der Waals surface area (Å²) in [4.78, 5) is 25.6. The number of nitrogens with one attached hydrogen (secondary N) is 2. The molecule has 0 atom stereocenters. The number of ether oxygens (including phenoxy) is 1. The lowest BCUT2D eigenvalue weighted by Gasteiger charge is -2.17. The predicted molar refractivity (Wildman–Crippen MR) is 89.2 cm³/mol. The highest BCUT2D eigenvalue weighted by Crippen LogP contribution is 2.20. The van der Waals surface area contributed by atoms with Gasteiger partial charge in [-0.1, -0.05) is 18.2 Å². The van der Waals surface area contributed by atoms with Gasteiger partial charge in [0.15, 0.2) is 0 Å². The Balaban J connectivity index is 1.81. The normalized spacial score (nSPS) is 14.5. The molecular formula is C17H25N3O3. The van der Waals surface area contributed by atoms with Crippen molar-refractivity contribution in [2.45, 2.75) is 32.7 Å². The van der Waals surface area contributed by atoms with Crippen LogP contribution in [-0.4, -0.2) is 43.1 Å². The molecule has 1 aliphatic heterocycles. The third kappa shape index (κ3) is 5.90. The Bertz CT molecular complexity index is 528. The van der Waals surface area contributed by atoms with Crippen LogP contribution in [-0.2, 0) is 16.1 Å². The van der Waals surface area contributed by atoms with E-state index in [1.165, 1.54) is 12.8 Å². The van der Waals surface area contributed by atoms with Crippen LogP contribution in [0.4, 0.5) is 10.5 Å². The van der Waals surface area contributed by atoms with Crippen LogP contribution in [0.5, 0.6) is 0 Å². The molecule has 2 amide bonds. The number of benzene rings is 1. The lowest BCUT2D eigenvalue weighted by atomic mass is 10.1. The fourth-order valence-corrected chi connectivity index (χ4v) is 2.63. The lowest BCUT2D eigenvalue weighted by Crippen LogP contribution is -2.28. The molecule has 0 aliphatic carbocycles. The van der Waals surface area contributed by atoms with Crippen molar-refractivity contribution in [1.29, 1.82) is 0 Å². The Labute approximate surface area is 137 Å². The Morgan fingerprint density at radius 2 is 1.96 bits per heavy atom. The van der Waals surface area contributed by atoms with Gasteiger partial charge in [0, 0.05) is 25.2 Å². The summed E-state index contributed by atoms with van der Waals surface area (Å²) >= 11 is 0. The van der Waals surface area contributed by atoms with Crippen molar-refractivity contribution >= 4 is 17.7 Å². The molecular weight excluding hydrogens is 294 g/mol. The molecule has 6 heteroatoms. The van der Waals surface area contributed by atoms with Crippen LogP contribution in [0.1, 0.15) is 31.7 Å². The van der Waals surface area contributed by atoms with Crippen LogP contribution in [0, 0.1) is 0 Å². The minimum absolute atomic E-state index is 0.115. The maximum atomic E-state index is 12.0. The van der Waals surface area contributed by atoms with Gasteiger partial charge in [-0.25, -0.2) is 4.79 Å². The van der Waals surface area contributed by atoms with Crippen molar-refractivity contribution in [3.8, 4) is 0 Å². The first-order chi connectivity index (χ1) is 11.2. The van der Waals surface area contributed by atoms with Crippen LogP contribution < -0.4 is 10.6 Å². The van der Waals surface area contributed by atoms with Gasteiger partial charge in [-0.3, -0.25) is 9.69 Å². The number of amides is 2. The van der Waals surface area contributed by atoms with E-state index in [9.17, 15) is 9.59 Å². The first kappa shape index (κ1) is 17.3. The molecule has 1 saturated heterocycles. The molecule has 2 rings (SSSR count). The van der Waals surface area contributed by atoms with Crippen molar-refractivity contribution in [3.63, 3.8) is 0 Å². The van der Waals surface area contributed by atoms with E-state index in [4.69, 9.17) is 4.74 Å². The van der Waals surface area contributed by atoms with Gasteiger partial charge >= 0.3 is 6.09 Å². The molecule has 0 saturated carbocycles. The van der Waals surface area contributed by atoms with E-state index in [0.29, 0.717) is 6.61 Å². The van der Waals surface area contributed by atoms with Gasteiger partial charge in [-0.2, -0.15) is 0 Å². The zero-order valence-electron chi connectivity index (χ0n) is 13.6. The molecule has 0 bridgehead atoms. The summed E-state index contributed by atoms with van der Waals surface area (Å²) in [6.45, 7) is 5.42. The van der Waals surface area contributed by atoms with E-state index >= 15 is 0 Å². The lowest BCUT2D eigenvalue weighted by molar-refractivity contribution is -0.116. The van der Waals surface area contributed by atoms with Crippen LogP contribution in [0.2, 0.25) is 0 Å². The molecule has 1 aliphatic rings. The zero-order valence-corrected chi connectivity index (χ0v) is 13.6. The van der Waals surface area contributed by atoms with Crippen LogP contribution in [0.3, 0.4) is 0 Å². The maximum Gasteiger partial charge on any atom is 0.407 e. The standard InChI is InChI=1S/C17H25N3O3/c1-2-23-17(22)18-10-9-16(21)19-15-8-4-3-7-14(15)13-20-11-5-6-12-20/h3-4,7-8H,2,5-6,9-13H2,1H3,(H,18,22)(H,19,21). The van der Waals surface area contributed by atoms with Crippen molar-refractivity contribution in [2.24, 2.45) is 0 Å². The van der Waals surface area contributed by atoms with Crippen LogP contribution >= 0.6 is 0 Å². The monoisotopic (exact) mass is 319 g/mol. The largest absolute Gasteiger partial charge is 0.450 e. The molecule has 1 aromatic rings. The van der Waals surface area contributed by atoms with Crippen LogP contribution in [0.15, 0.2) is 24.3 Å². The average Bonchev–Trinajstić information content (AvgIpc) is 3.02. The number of anilines is 1. The molecule has 1 heterocycles. The molecule has 1 aromatic carbocycles.